The van der Waals surface area contributed by atoms with Crippen LogP contribution in [0.4, 0.5) is 5.69 Å². The Morgan fingerprint density at radius 1 is 1.45 bits per heavy atom. The third kappa shape index (κ3) is 3.12. The molecule has 4 heteroatoms. The molecule has 0 aromatic heterocycles. The number of rotatable bonds is 4. The molecule has 110 valence electrons. The molecule has 1 saturated heterocycles. The van der Waals surface area contributed by atoms with Crippen molar-refractivity contribution in [3.05, 3.63) is 29.3 Å². The molecular weight excluding hydrogens is 252 g/mol. The summed E-state index contributed by atoms with van der Waals surface area (Å²) >= 11 is 0. The number of benzene rings is 1. The zero-order chi connectivity index (χ0) is 14.5. The molecular formula is C16H24N2O2. The van der Waals surface area contributed by atoms with Gasteiger partial charge in [-0.1, -0.05) is 13.0 Å². The van der Waals surface area contributed by atoms with E-state index in [0.29, 0.717) is 19.8 Å². The standard InChI is InChI=1S/C16H24N2O2/c1-4-13-11-20-9-8-18(13)16(19)14-7-6-12(3)10-15(14)17-5-2/h6-7,10,13,17H,4-5,8-9,11H2,1-3H3. The predicted molar refractivity (Wildman–Crippen MR) is 81.3 cm³/mol. The van der Waals surface area contributed by atoms with Crippen molar-refractivity contribution >= 4 is 11.6 Å². The summed E-state index contributed by atoms with van der Waals surface area (Å²) in [5.74, 6) is 0.108. The zero-order valence-electron chi connectivity index (χ0n) is 12.6. The number of carbonyl (C=O) groups excluding carboxylic acids is 1. The van der Waals surface area contributed by atoms with Crippen LogP contribution in [-0.2, 0) is 4.74 Å². The number of hydrogen-bond donors (Lipinski definition) is 1. The van der Waals surface area contributed by atoms with Crippen molar-refractivity contribution in [3.8, 4) is 0 Å². The zero-order valence-corrected chi connectivity index (χ0v) is 12.6. The fraction of sp³-hybridized carbons (Fsp3) is 0.562. The molecule has 1 aromatic carbocycles. The van der Waals surface area contributed by atoms with Crippen molar-refractivity contribution in [2.75, 3.05) is 31.6 Å². The highest BCUT2D eigenvalue weighted by Gasteiger charge is 2.28. The predicted octanol–water partition coefficient (Wildman–Crippen LogP) is 2.68. The highest BCUT2D eigenvalue weighted by atomic mass is 16.5. The van der Waals surface area contributed by atoms with Crippen LogP contribution in [-0.4, -0.2) is 43.2 Å². The third-order valence-corrected chi connectivity index (χ3v) is 3.73. The molecule has 0 bridgehead atoms. The van der Waals surface area contributed by atoms with Gasteiger partial charge >= 0.3 is 0 Å². The number of hydrogen-bond acceptors (Lipinski definition) is 3. The Kier molecular flexibility index (Phi) is 5.01. The topological polar surface area (TPSA) is 41.6 Å². The van der Waals surface area contributed by atoms with Crippen LogP contribution in [0.1, 0.15) is 36.2 Å². The van der Waals surface area contributed by atoms with Gasteiger partial charge in [-0.25, -0.2) is 0 Å². The van der Waals surface area contributed by atoms with Crippen LogP contribution in [0.2, 0.25) is 0 Å². The molecule has 0 aliphatic carbocycles. The van der Waals surface area contributed by atoms with Gasteiger partial charge in [-0.2, -0.15) is 0 Å². The lowest BCUT2D eigenvalue weighted by atomic mass is 10.1. The quantitative estimate of drug-likeness (QED) is 0.919. The van der Waals surface area contributed by atoms with Crippen LogP contribution >= 0.6 is 0 Å². The minimum absolute atomic E-state index is 0.108. The first-order chi connectivity index (χ1) is 9.67. The Hall–Kier alpha value is -1.55. The minimum atomic E-state index is 0.108. The van der Waals surface area contributed by atoms with E-state index in [2.05, 4.69) is 12.2 Å². The van der Waals surface area contributed by atoms with Crippen LogP contribution < -0.4 is 5.32 Å². The fourth-order valence-electron chi connectivity index (χ4n) is 2.60. The van der Waals surface area contributed by atoms with E-state index < -0.39 is 0 Å². The van der Waals surface area contributed by atoms with Crippen LogP contribution in [0.25, 0.3) is 0 Å². The number of amides is 1. The number of nitrogens with zero attached hydrogens (tertiary/aromatic N) is 1. The van der Waals surface area contributed by atoms with Gasteiger partial charge in [0.05, 0.1) is 24.8 Å². The maximum Gasteiger partial charge on any atom is 0.256 e. The van der Waals surface area contributed by atoms with Crippen molar-refractivity contribution in [1.82, 2.24) is 4.90 Å². The Morgan fingerprint density at radius 2 is 2.25 bits per heavy atom. The van der Waals surface area contributed by atoms with Gasteiger partial charge in [-0.05, 0) is 38.0 Å². The number of ether oxygens (including phenoxy) is 1. The monoisotopic (exact) mass is 276 g/mol. The number of carbonyl (C=O) groups is 1. The molecule has 1 N–H and O–H groups in total. The van der Waals surface area contributed by atoms with Crippen LogP contribution in [0.15, 0.2) is 18.2 Å². The summed E-state index contributed by atoms with van der Waals surface area (Å²) in [6, 6.07) is 6.15. The van der Waals surface area contributed by atoms with E-state index in [1.807, 2.05) is 36.9 Å². The highest BCUT2D eigenvalue weighted by Crippen LogP contribution is 2.22. The van der Waals surface area contributed by atoms with Crippen molar-refractivity contribution in [3.63, 3.8) is 0 Å². The number of anilines is 1. The smallest absolute Gasteiger partial charge is 0.256 e. The average molecular weight is 276 g/mol. The normalized spacial score (nSPS) is 18.9. The summed E-state index contributed by atoms with van der Waals surface area (Å²) in [6.07, 6.45) is 0.925. The van der Waals surface area contributed by atoms with Gasteiger partial charge < -0.3 is 15.0 Å². The summed E-state index contributed by atoms with van der Waals surface area (Å²) < 4.78 is 5.48. The maximum atomic E-state index is 12.8. The van der Waals surface area contributed by atoms with E-state index in [-0.39, 0.29) is 11.9 Å². The number of morpholine rings is 1. The molecule has 0 spiro atoms. The summed E-state index contributed by atoms with van der Waals surface area (Å²) in [6.45, 7) is 8.94. The second-order valence-corrected chi connectivity index (χ2v) is 5.21. The Balaban J connectivity index is 2.27. The lowest BCUT2D eigenvalue weighted by Gasteiger charge is -2.35. The van der Waals surface area contributed by atoms with Crippen LogP contribution in [0, 0.1) is 6.92 Å². The average Bonchev–Trinajstić information content (AvgIpc) is 2.47. The lowest BCUT2D eigenvalue weighted by molar-refractivity contribution is -0.00274. The fourth-order valence-corrected chi connectivity index (χ4v) is 2.60. The Morgan fingerprint density at radius 3 is 2.95 bits per heavy atom. The molecule has 1 unspecified atom stereocenters. The molecule has 0 saturated carbocycles. The van der Waals surface area contributed by atoms with Crippen molar-refractivity contribution in [1.29, 1.82) is 0 Å². The van der Waals surface area contributed by atoms with Gasteiger partial charge in [0.1, 0.15) is 0 Å². The molecule has 20 heavy (non-hydrogen) atoms. The van der Waals surface area contributed by atoms with Crippen LogP contribution in [0.3, 0.4) is 0 Å². The lowest BCUT2D eigenvalue weighted by Crippen LogP contribution is -2.48. The maximum absolute atomic E-state index is 12.8. The summed E-state index contributed by atoms with van der Waals surface area (Å²) in [5, 5.41) is 3.29. The molecule has 1 atom stereocenters. The van der Waals surface area contributed by atoms with Gasteiger partial charge in [0.2, 0.25) is 0 Å². The first-order valence-electron chi connectivity index (χ1n) is 7.40. The molecule has 4 nitrogen and oxygen atoms in total. The number of aryl methyl sites for hydroxylation is 1. The van der Waals surface area contributed by atoms with E-state index in [4.69, 9.17) is 4.74 Å². The third-order valence-electron chi connectivity index (χ3n) is 3.73. The first kappa shape index (κ1) is 14.9. The van der Waals surface area contributed by atoms with E-state index >= 15 is 0 Å². The molecule has 2 rings (SSSR count). The van der Waals surface area contributed by atoms with Gasteiger partial charge in [0.15, 0.2) is 0 Å². The Labute approximate surface area is 121 Å². The van der Waals surface area contributed by atoms with Crippen molar-refractivity contribution in [2.45, 2.75) is 33.2 Å². The summed E-state index contributed by atoms with van der Waals surface area (Å²) in [5.41, 5.74) is 2.85. The minimum Gasteiger partial charge on any atom is -0.385 e. The summed E-state index contributed by atoms with van der Waals surface area (Å²) in [7, 11) is 0. The molecule has 1 aliphatic heterocycles. The van der Waals surface area contributed by atoms with Gasteiger partial charge in [-0.15, -0.1) is 0 Å². The number of nitrogens with one attached hydrogen (secondary N) is 1. The molecule has 1 aromatic rings. The van der Waals surface area contributed by atoms with E-state index in [0.717, 1.165) is 29.8 Å². The first-order valence-corrected chi connectivity index (χ1v) is 7.40. The summed E-state index contributed by atoms with van der Waals surface area (Å²) in [4.78, 5) is 14.8. The van der Waals surface area contributed by atoms with Gasteiger partial charge in [0.25, 0.3) is 5.91 Å². The molecule has 0 radical (unpaired) electrons. The molecule has 1 fully saturated rings. The second-order valence-electron chi connectivity index (χ2n) is 5.21. The van der Waals surface area contributed by atoms with E-state index in [1.165, 1.54) is 0 Å². The van der Waals surface area contributed by atoms with Crippen molar-refractivity contribution < 1.29 is 9.53 Å². The molecule has 1 heterocycles. The SMILES string of the molecule is CCNc1cc(C)ccc1C(=O)N1CCOCC1CC. The molecule has 1 aliphatic rings. The van der Waals surface area contributed by atoms with E-state index in [1.54, 1.807) is 0 Å². The van der Waals surface area contributed by atoms with Gasteiger partial charge in [0, 0.05) is 18.8 Å². The van der Waals surface area contributed by atoms with E-state index in [9.17, 15) is 4.79 Å². The van der Waals surface area contributed by atoms with Crippen molar-refractivity contribution in [2.24, 2.45) is 0 Å². The van der Waals surface area contributed by atoms with Gasteiger partial charge in [-0.3, -0.25) is 4.79 Å². The second kappa shape index (κ2) is 6.75. The largest absolute Gasteiger partial charge is 0.385 e. The van der Waals surface area contributed by atoms with Crippen LogP contribution in [0.5, 0.6) is 0 Å². The molecule has 1 amide bonds. The highest BCUT2D eigenvalue weighted by molar-refractivity contribution is 6.00. The Bertz CT molecular complexity index is 474.